The minimum Gasteiger partial charge on any atom is -0.494 e. The largest absolute Gasteiger partial charge is 0.494 e. The van der Waals surface area contributed by atoms with Gasteiger partial charge in [0, 0.05) is 43.8 Å². The first-order chi connectivity index (χ1) is 15.3. The van der Waals surface area contributed by atoms with Crippen LogP contribution in [0.5, 0.6) is 11.5 Å². The number of benzene rings is 2. The lowest BCUT2D eigenvalue weighted by molar-refractivity contribution is -0.384. The van der Waals surface area contributed by atoms with E-state index in [1.807, 2.05) is 17.9 Å². The Labute approximate surface area is 184 Å². The Morgan fingerprint density at radius 1 is 1.19 bits per heavy atom. The summed E-state index contributed by atoms with van der Waals surface area (Å²) in [5, 5.41) is 37.3. The Hall–Kier alpha value is -4.20. The molecule has 11 heteroatoms. The van der Waals surface area contributed by atoms with Crippen LogP contribution in [0.25, 0.3) is 0 Å². The van der Waals surface area contributed by atoms with E-state index in [-0.39, 0.29) is 23.4 Å². The Bertz CT molecular complexity index is 1060. The van der Waals surface area contributed by atoms with Crippen LogP contribution in [0, 0.1) is 21.4 Å². The van der Waals surface area contributed by atoms with E-state index >= 15 is 0 Å². The number of nitro benzene ring substituents is 1. The molecule has 0 bridgehead atoms. The van der Waals surface area contributed by atoms with Crippen molar-refractivity contribution < 1.29 is 24.3 Å². The van der Waals surface area contributed by atoms with Gasteiger partial charge < -0.3 is 19.5 Å². The summed E-state index contributed by atoms with van der Waals surface area (Å²) in [4.78, 5) is 23.1. The minimum atomic E-state index is -0.857. The number of methoxy groups -OCH3 is 2. The Kier molecular flexibility index (Phi) is 8.47. The second kappa shape index (κ2) is 11.3. The molecular weight excluding hydrogens is 418 g/mol. The summed E-state index contributed by atoms with van der Waals surface area (Å²) < 4.78 is 10.9. The maximum atomic E-state index is 10.9. The molecule has 1 N–H and O–H groups in total. The number of nitriles is 1. The number of carboxylic acid groups (broad SMARTS) is 1. The summed E-state index contributed by atoms with van der Waals surface area (Å²) in [6.45, 7) is 3.07. The molecule has 0 saturated carbocycles. The second-order valence-electron chi connectivity index (χ2n) is 6.54. The first-order valence-electron chi connectivity index (χ1n) is 9.67. The van der Waals surface area contributed by atoms with Crippen LogP contribution in [0.4, 0.5) is 22.7 Å². The normalized spacial score (nSPS) is 10.6. The van der Waals surface area contributed by atoms with Crippen molar-refractivity contribution in [1.29, 1.82) is 5.26 Å². The fourth-order valence-electron chi connectivity index (χ4n) is 2.98. The third-order valence-corrected chi connectivity index (χ3v) is 4.60. The Morgan fingerprint density at radius 2 is 1.88 bits per heavy atom. The highest BCUT2D eigenvalue weighted by Crippen LogP contribution is 2.41. The first-order valence-corrected chi connectivity index (χ1v) is 9.67. The zero-order valence-electron chi connectivity index (χ0n) is 17.9. The van der Waals surface area contributed by atoms with Gasteiger partial charge in [-0.1, -0.05) is 0 Å². The van der Waals surface area contributed by atoms with Crippen molar-refractivity contribution in [3.8, 4) is 17.6 Å². The van der Waals surface area contributed by atoms with Crippen LogP contribution in [0.2, 0.25) is 0 Å². The van der Waals surface area contributed by atoms with Crippen LogP contribution in [-0.2, 0) is 4.79 Å². The zero-order chi connectivity index (χ0) is 23.7. The van der Waals surface area contributed by atoms with Crippen LogP contribution < -0.4 is 14.4 Å². The van der Waals surface area contributed by atoms with Gasteiger partial charge in [0.1, 0.15) is 28.9 Å². The highest BCUT2D eigenvalue weighted by atomic mass is 16.6. The number of rotatable bonds is 11. The van der Waals surface area contributed by atoms with Gasteiger partial charge in [0.25, 0.3) is 5.69 Å². The van der Waals surface area contributed by atoms with Gasteiger partial charge in [-0.05, 0) is 19.4 Å². The molecule has 0 atom stereocenters. The summed E-state index contributed by atoms with van der Waals surface area (Å²) in [6.07, 6.45) is 0.520. The lowest BCUT2D eigenvalue weighted by atomic mass is 10.2. The molecule has 0 aliphatic rings. The van der Waals surface area contributed by atoms with E-state index in [0.29, 0.717) is 42.4 Å². The van der Waals surface area contributed by atoms with Gasteiger partial charge in [-0.2, -0.15) is 5.26 Å². The maximum Gasteiger partial charge on any atom is 0.303 e. The minimum absolute atomic E-state index is 0.0149. The number of hydrogen-bond donors (Lipinski definition) is 1. The average molecular weight is 441 g/mol. The molecule has 0 heterocycles. The summed E-state index contributed by atoms with van der Waals surface area (Å²) in [5.41, 5.74) is 1.01. The van der Waals surface area contributed by atoms with Crippen molar-refractivity contribution in [2.24, 2.45) is 10.2 Å². The Balaban J connectivity index is 2.40. The number of carboxylic acids is 1. The number of aliphatic carboxylic acids is 1. The zero-order valence-corrected chi connectivity index (χ0v) is 17.9. The fraction of sp³-hybridized carbons (Fsp3) is 0.333. The summed E-state index contributed by atoms with van der Waals surface area (Å²) in [6, 6.07) is 8.94. The predicted octanol–water partition coefficient (Wildman–Crippen LogP) is 4.59. The van der Waals surface area contributed by atoms with Gasteiger partial charge in [0.15, 0.2) is 0 Å². The molecule has 2 aromatic carbocycles. The van der Waals surface area contributed by atoms with Crippen LogP contribution in [0.15, 0.2) is 40.6 Å². The second-order valence-corrected chi connectivity index (χ2v) is 6.54. The molecule has 11 nitrogen and oxygen atoms in total. The molecule has 0 unspecified atom stereocenters. The van der Waals surface area contributed by atoms with Gasteiger partial charge in [0.05, 0.1) is 30.4 Å². The van der Waals surface area contributed by atoms with Crippen molar-refractivity contribution >= 4 is 28.7 Å². The van der Waals surface area contributed by atoms with Crippen LogP contribution in [0.3, 0.4) is 0 Å². The lowest BCUT2D eigenvalue weighted by Gasteiger charge is -2.25. The monoisotopic (exact) mass is 441 g/mol. The number of non-ortho nitro benzene ring substituents is 1. The molecule has 0 aliphatic heterocycles. The molecule has 2 rings (SSSR count). The number of nitrogens with zero attached hydrogens (tertiary/aromatic N) is 5. The summed E-state index contributed by atoms with van der Waals surface area (Å²) >= 11 is 0. The number of ether oxygens (including phenoxy) is 2. The third kappa shape index (κ3) is 5.91. The van der Waals surface area contributed by atoms with Gasteiger partial charge in [-0.3, -0.25) is 14.9 Å². The van der Waals surface area contributed by atoms with Crippen molar-refractivity contribution in [1.82, 2.24) is 0 Å². The summed E-state index contributed by atoms with van der Waals surface area (Å²) in [5.74, 6) is 0.0205. The van der Waals surface area contributed by atoms with Crippen molar-refractivity contribution in [3.63, 3.8) is 0 Å². The topological polar surface area (TPSA) is 151 Å². The number of anilines is 1. The SMILES string of the molecule is CCN(CCCC(=O)O)c1cc(OC)c(N=Nc2ccc([N+](=O)[O-])cc2C#N)cc1OC. The molecule has 0 radical (unpaired) electrons. The van der Waals surface area contributed by atoms with Crippen LogP contribution >= 0.6 is 0 Å². The molecule has 0 aliphatic carbocycles. The molecule has 32 heavy (non-hydrogen) atoms. The first kappa shape index (κ1) is 24.1. The van der Waals surface area contributed by atoms with Gasteiger partial charge in [-0.25, -0.2) is 0 Å². The maximum absolute atomic E-state index is 10.9. The van der Waals surface area contributed by atoms with Gasteiger partial charge >= 0.3 is 5.97 Å². The van der Waals surface area contributed by atoms with E-state index in [2.05, 4.69) is 10.2 Å². The number of carbonyl (C=O) groups is 1. The van der Waals surface area contributed by atoms with Crippen LogP contribution in [-0.4, -0.2) is 43.3 Å². The molecule has 0 saturated heterocycles. The van der Waals surface area contributed by atoms with Crippen LogP contribution in [0.1, 0.15) is 25.3 Å². The van der Waals surface area contributed by atoms with Crippen molar-refractivity contribution in [3.05, 3.63) is 46.0 Å². The van der Waals surface area contributed by atoms with Crippen molar-refractivity contribution in [2.45, 2.75) is 19.8 Å². The van der Waals surface area contributed by atoms with Gasteiger partial charge in [-0.15, -0.1) is 10.2 Å². The van der Waals surface area contributed by atoms with E-state index in [1.54, 1.807) is 12.1 Å². The highest BCUT2D eigenvalue weighted by molar-refractivity contribution is 5.70. The molecule has 0 spiro atoms. The Morgan fingerprint density at radius 3 is 2.44 bits per heavy atom. The summed E-state index contributed by atoms with van der Waals surface area (Å²) in [7, 11) is 2.97. The highest BCUT2D eigenvalue weighted by Gasteiger charge is 2.17. The van der Waals surface area contributed by atoms with E-state index in [9.17, 15) is 20.2 Å². The van der Waals surface area contributed by atoms with E-state index < -0.39 is 10.9 Å². The lowest BCUT2D eigenvalue weighted by Crippen LogP contribution is -2.25. The van der Waals surface area contributed by atoms with Gasteiger partial charge in [0.2, 0.25) is 0 Å². The number of nitro groups is 1. The molecule has 0 amide bonds. The van der Waals surface area contributed by atoms with Crippen molar-refractivity contribution in [2.75, 3.05) is 32.2 Å². The standard InChI is InChI=1S/C21H23N5O6/c1-4-25(9-5-6-21(27)28)18-12-19(31-2)17(11-20(18)32-3)24-23-16-8-7-15(26(29)30)10-14(16)13-22/h7-8,10-12H,4-6,9H2,1-3H3,(H,27,28). The fourth-order valence-corrected chi connectivity index (χ4v) is 2.98. The van der Waals surface area contributed by atoms with E-state index in [0.717, 1.165) is 6.07 Å². The average Bonchev–Trinajstić information content (AvgIpc) is 2.79. The smallest absolute Gasteiger partial charge is 0.303 e. The molecular formula is C21H23N5O6. The molecule has 168 valence electrons. The molecule has 0 aromatic heterocycles. The predicted molar refractivity (Wildman–Crippen MR) is 116 cm³/mol. The molecule has 2 aromatic rings. The quantitative estimate of drug-likeness (QED) is 0.302. The van der Waals surface area contributed by atoms with E-state index in [1.165, 1.54) is 26.4 Å². The third-order valence-electron chi connectivity index (χ3n) is 4.60. The van der Waals surface area contributed by atoms with E-state index in [4.69, 9.17) is 14.6 Å². The molecule has 0 fully saturated rings. The number of azo groups is 1. The number of hydrogen-bond acceptors (Lipinski definition) is 9.